The van der Waals surface area contributed by atoms with Gasteiger partial charge in [-0.25, -0.2) is 9.97 Å². The van der Waals surface area contributed by atoms with Gasteiger partial charge in [0.15, 0.2) is 5.82 Å². The molecule has 0 spiro atoms. The Morgan fingerprint density at radius 1 is 0.953 bits per heavy atom. The topological polar surface area (TPSA) is 78.4 Å². The first-order chi connectivity index (χ1) is 20.5. The second-order valence-corrected chi connectivity index (χ2v) is 10.9. The molecule has 0 saturated carbocycles. The third-order valence-electron chi connectivity index (χ3n) is 7.99. The molecule has 0 radical (unpaired) electrons. The average Bonchev–Trinajstić information content (AvgIpc) is 3.01. The molecule has 1 saturated heterocycles. The van der Waals surface area contributed by atoms with Gasteiger partial charge in [-0.05, 0) is 56.0 Å². The molecule has 1 fully saturated rings. The summed E-state index contributed by atoms with van der Waals surface area (Å²) in [7, 11) is 1.77. The van der Waals surface area contributed by atoms with Crippen LogP contribution in [0.25, 0.3) is 11.3 Å². The highest BCUT2D eigenvalue weighted by Gasteiger charge is 2.31. The van der Waals surface area contributed by atoms with Crippen LogP contribution in [0, 0.1) is 13.8 Å². The minimum Gasteiger partial charge on any atom is -0.351 e. The van der Waals surface area contributed by atoms with E-state index in [1.54, 1.807) is 18.1 Å². The first-order valence-corrected chi connectivity index (χ1v) is 14.2. The number of rotatable bonds is 7. The number of nitrogens with zero attached hydrogens (tertiary/aromatic N) is 7. The third-order valence-corrected chi connectivity index (χ3v) is 7.99. The summed E-state index contributed by atoms with van der Waals surface area (Å²) in [4.78, 5) is 27.9. The Morgan fingerprint density at radius 2 is 1.67 bits per heavy atom. The van der Waals surface area contributed by atoms with Gasteiger partial charge >= 0.3 is 6.18 Å². The number of carbonyl (C=O) groups excluding carboxylic acids is 1. The molecule has 2 aromatic carbocycles. The van der Waals surface area contributed by atoms with Gasteiger partial charge in [-0.3, -0.25) is 4.79 Å². The SMILES string of the molecule is Cc1c(-c2ccc(C(F)(F)F)cc2)nnc(N2CCN(c3cnc(C(=O)N(C)CCc4ccccc4)cn3)C(C)C2)c1C. The predicted octanol–water partition coefficient (Wildman–Crippen LogP) is 5.60. The van der Waals surface area contributed by atoms with E-state index in [-0.39, 0.29) is 11.9 Å². The molecule has 1 amide bonds. The lowest BCUT2D eigenvalue weighted by Crippen LogP contribution is -2.53. The minimum atomic E-state index is -4.39. The Morgan fingerprint density at radius 3 is 2.30 bits per heavy atom. The van der Waals surface area contributed by atoms with Crippen molar-refractivity contribution in [2.45, 2.75) is 39.4 Å². The van der Waals surface area contributed by atoms with E-state index in [1.807, 2.05) is 44.2 Å². The monoisotopic (exact) mass is 589 g/mol. The van der Waals surface area contributed by atoms with Crippen LogP contribution >= 0.6 is 0 Å². The normalized spacial score (nSPS) is 15.5. The standard InChI is InChI=1S/C32H34F3N7O/c1-21-20-41(30-23(3)22(2)29(38-39-30)25-10-12-26(13-11-25)32(33,34)35)16-17-42(21)28-19-36-27(18-37-28)31(43)40(4)15-14-24-8-6-5-7-9-24/h5-13,18-19,21H,14-17,20H2,1-4H3. The van der Waals surface area contributed by atoms with Crippen LogP contribution in [0.1, 0.15) is 39.7 Å². The zero-order chi connectivity index (χ0) is 30.7. The van der Waals surface area contributed by atoms with Crippen LogP contribution in [0.2, 0.25) is 0 Å². The number of likely N-dealkylation sites (N-methyl/N-ethyl adjacent to an activating group) is 1. The number of alkyl halides is 3. The number of anilines is 2. The van der Waals surface area contributed by atoms with Gasteiger partial charge in [0, 0.05) is 44.8 Å². The van der Waals surface area contributed by atoms with Crippen LogP contribution in [0.4, 0.5) is 24.8 Å². The second kappa shape index (κ2) is 12.4. The molecule has 2 aromatic heterocycles. The van der Waals surface area contributed by atoms with Crippen LogP contribution in [0.15, 0.2) is 67.0 Å². The van der Waals surface area contributed by atoms with Crippen LogP contribution in [-0.2, 0) is 12.6 Å². The molecule has 1 atom stereocenters. The number of halogens is 3. The molecular formula is C32H34F3N7O. The maximum Gasteiger partial charge on any atom is 0.416 e. The summed E-state index contributed by atoms with van der Waals surface area (Å²) in [5.41, 5.74) is 3.75. The molecule has 1 unspecified atom stereocenters. The maximum absolute atomic E-state index is 13.0. The van der Waals surface area contributed by atoms with Crippen molar-refractivity contribution in [1.82, 2.24) is 25.1 Å². The van der Waals surface area contributed by atoms with E-state index in [0.717, 1.165) is 35.5 Å². The van der Waals surface area contributed by atoms with Gasteiger partial charge in [0.25, 0.3) is 5.91 Å². The lowest BCUT2D eigenvalue weighted by atomic mass is 10.0. The fourth-order valence-electron chi connectivity index (χ4n) is 5.29. The van der Waals surface area contributed by atoms with Gasteiger partial charge in [0.05, 0.1) is 23.7 Å². The molecule has 5 rings (SSSR count). The quantitative estimate of drug-likeness (QED) is 0.278. The lowest BCUT2D eigenvalue weighted by molar-refractivity contribution is -0.137. The fourth-order valence-corrected chi connectivity index (χ4v) is 5.29. The van der Waals surface area contributed by atoms with Crippen molar-refractivity contribution < 1.29 is 18.0 Å². The van der Waals surface area contributed by atoms with E-state index < -0.39 is 11.7 Å². The summed E-state index contributed by atoms with van der Waals surface area (Å²) in [6, 6.07) is 15.1. The second-order valence-electron chi connectivity index (χ2n) is 10.9. The predicted molar refractivity (Wildman–Crippen MR) is 160 cm³/mol. The highest BCUT2D eigenvalue weighted by molar-refractivity contribution is 5.91. The van der Waals surface area contributed by atoms with E-state index >= 15 is 0 Å². The molecule has 0 aliphatic carbocycles. The van der Waals surface area contributed by atoms with Gasteiger partial charge in [0.2, 0.25) is 0 Å². The molecule has 4 aromatic rings. The van der Waals surface area contributed by atoms with Crippen LogP contribution < -0.4 is 9.80 Å². The number of hydrogen-bond donors (Lipinski definition) is 0. The fraction of sp³-hybridized carbons (Fsp3) is 0.344. The number of amides is 1. The lowest BCUT2D eigenvalue weighted by Gasteiger charge is -2.41. The Kier molecular flexibility index (Phi) is 8.61. The molecule has 224 valence electrons. The van der Waals surface area contributed by atoms with Crippen molar-refractivity contribution in [3.63, 3.8) is 0 Å². The van der Waals surface area contributed by atoms with Crippen molar-refractivity contribution in [2.75, 3.05) is 43.0 Å². The summed E-state index contributed by atoms with van der Waals surface area (Å²) in [5.74, 6) is 1.29. The molecule has 1 aliphatic heterocycles. The molecule has 11 heteroatoms. The van der Waals surface area contributed by atoms with Crippen molar-refractivity contribution in [3.8, 4) is 11.3 Å². The number of hydrogen-bond acceptors (Lipinski definition) is 7. The molecular weight excluding hydrogens is 555 g/mol. The van der Waals surface area contributed by atoms with Gasteiger partial charge in [-0.2, -0.15) is 13.2 Å². The van der Waals surface area contributed by atoms with E-state index in [4.69, 9.17) is 0 Å². The Bertz CT molecular complexity index is 1560. The Hall–Kier alpha value is -4.54. The van der Waals surface area contributed by atoms with E-state index in [2.05, 4.69) is 36.9 Å². The third kappa shape index (κ3) is 6.60. The van der Waals surface area contributed by atoms with E-state index in [1.165, 1.54) is 23.9 Å². The van der Waals surface area contributed by atoms with Crippen molar-refractivity contribution in [2.24, 2.45) is 0 Å². The number of carbonyl (C=O) groups is 1. The highest BCUT2D eigenvalue weighted by atomic mass is 19.4. The maximum atomic E-state index is 13.0. The summed E-state index contributed by atoms with van der Waals surface area (Å²) in [5, 5.41) is 8.89. The number of piperazine rings is 1. The molecule has 1 aliphatic rings. The molecule has 8 nitrogen and oxygen atoms in total. The smallest absolute Gasteiger partial charge is 0.351 e. The number of aromatic nitrogens is 4. The van der Waals surface area contributed by atoms with Crippen molar-refractivity contribution >= 4 is 17.5 Å². The van der Waals surface area contributed by atoms with Crippen LogP contribution in [-0.4, -0.2) is 70.2 Å². The van der Waals surface area contributed by atoms with Crippen molar-refractivity contribution in [1.29, 1.82) is 0 Å². The highest BCUT2D eigenvalue weighted by Crippen LogP contribution is 2.33. The number of benzene rings is 2. The van der Waals surface area contributed by atoms with E-state index in [0.29, 0.717) is 48.9 Å². The van der Waals surface area contributed by atoms with Gasteiger partial charge < -0.3 is 14.7 Å². The summed E-state index contributed by atoms with van der Waals surface area (Å²) in [6.07, 6.45) is -0.437. The van der Waals surface area contributed by atoms with Gasteiger partial charge in [0.1, 0.15) is 11.5 Å². The Labute approximate surface area is 249 Å². The van der Waals surface area contributed by atoms with Crippen LogP contribution in [0.5, 0.6) is 0 Å². The summed E-state index contributed by atoms with van der Waals surface area (Å²) >= 11 is 0. The average molecular weight is 590 g/mol. The largest absolute Gasteiger partial charge is 0.416 e. The summed E-state index contributed by atoms with van der Waals surface area (Å²) in [6.45, 7) is 8.55. The van der Waals surface area contributed by atoms with E-state index in [9.17, 15) is 18.0 Å². The molecule has 0 N–H and O–H groups in total. The van der Waals surface area contributed by atoms with Crippen molar-refractivity contribution in [3.05, 3.63) is 94.9 Å². The molecule has 43 heavy (non-hydrogen) atoms. The zero-order valence-corrected chi connectivity index (χ0v) is 24.6. The summed E-state index contributed by atoms with van der Waals surface area (Å²) < 4.78 is 39.0. The van der Waals surface area contributed by atoms with Gasteiger partial charge in [-0.15, -0.1) is 10.2 Å². The van der Waals surface area contributed by atoms with Gasteiger partial charge in [-0.1, -0.05) is 42.5 Å². The molecule has 3 heterocycles. The molecule has 0 bridgehead atoms. The zero-order valence-electron chi connectivity index (χ0n) is 24.6. The van der Waals surface area contributed by atoms with Crippen LogP contribution in [0.3, 0.4) is 0 Å². The minimum absolute atomic E-state index is 0.0780. The first-order valence-electron chi connectivity index (χ1n) is 14.2. The first kappa shape index (κ1) is 29.9. The Balaban J connectivity index is 1.22.